The van der Waals surface area contributed by atoms with E-state index in [4.69, 9.17) is 9.26 Å². The van der Waals surface area contributed by atoms with E-state index in [0.29, 0.717) is 11.7 Å². The van der Waals surface area contributed by atoms with E-state index in [1.54, 1.807) is 7.11 Å². The van der Waals surface area contributed by atoms with E-state index in [2.05, 4.69) is 15.5 Å². The maximum absolute atomic E-state index is 12.7. The van der Waals surface area contributed by atoms with Gasteiger partial charge in [0.1, 0.15) is 5.75 Å². The molecule has 0 bridgehead atoms. The van der Waals surface area contributed by atoms with Crippen molar-refractivity contribution in [2.45, 2.75) is 31.7 Å². The zero-order valence-electron chi connectivity index (χ0n) is 15.4. The lowest BCUT2D eigenvalue weighted by atomic mass is 9.95. The molecule has 27 heavy (non-hydrogen) atoms. The molecule has 0 aliphatic heterocycles. The van der Waals surface area contributed by atoms with Crippen LogP contribution in [0.5, 0.6) is 5.75 Å². The van der Waals surface area contributed by atoms with Crippen molar-refractivity contribution in [1.82, 2.24) is 15.5 Å². The van der Waals surface area contributed by atoms with Gasteiger partial charge in [-0.3, -0.25) is 4.79 Å². The Morgan fingerprint density at radius 2 is 2.00 bits per heavy atom. The molecule has 6 heteroatoms. The molecule has 1 amide bonds. The van der Waals surface area contributed by atoms with Crippen molar-refractivity contribution >= 4 is 5.91 Å². The summed E-state index contributed by atoms with van der Waals surface area (Å²) in [6.07, 6.45) is 1.68. The van der Waals surface area contributed by atoms with Gasteiger partial charge in [0.05, 0.1) is 19.1 Å². The molecule has 0 spiro atoms. The van der Waals surface area contributed by atoms with Gasteiger partial charge in [0.25, 0.3) is 5.89 Å². The van der Waals surface area contributed by atoms with E-state index in [1.807, 2.05) is 55.5 Å². The molecule has 1 aromatic heterocycles. The fourth-order valence-electron chi connectivity index (χ4n) is 3.23. The highest BCUT2D eigenvalue weighted by Crippen LogP contribution is 2.48. The molecule has 3 aromatic rings. The lowest BCUT2D eigenvalue weighted by Crippen LogP contribution is -2.34. The van der Waals surface area contributed by atoms with Crippen LogP contribution in [0.2, 0.25) is 0 Å². The zero-order valence-corrected chi connectivity index (χ0v) is 15.4. The summed E-state index contributed by atoms with van der Waals surface area (Å²) >= 11 is 0. The topological polar surface area (TPSA) is 77.2 Å². The summed E-state index contributed by atoms with van der Waals surface area (Å²) in [5.41, 5.74) is 2.55. The highest BCUT2D eigenvalue weighted by Gasteiger charge is 2.51. The number of nitrogens with one attached hydrogen (secondary N) is 1. The molecule has 1 heterocycles. The summed E-state index contributed by atoms with van der Waals surface area (Å²) in [5.74, 6) is 1.70. The van der Waals surface area contributed by atoms with Crippen molar-refractivity contribution in [1.29, 1.82) is 0 Å². The predicted molar refractivity (Wildman–Crippen MR) is 100 cm³/mol. The number of hydrogen-bond acceptors (Lipinski definition) is 5. The molecule has 4 rings (SSSR count). The molecule has 0 unspecified atom stereocenters. The second kappa shape index (κ2) is 6.87. The summed E-state index contributed by atoms with van der Waals surface area (Å²) in [6.45, 7) is 2.25. The molecule has 138 valence electrons. The first-order chi connectivity index (χ1) is 13.1. The van der Waals surface area contributed by atoms with Gasteiger partial charge in [0.15, 0.2) is 5.82 Å². The second-order valence-corrected chi connectivity index (χ2v) is 6.88. The lowest BCUT2D eigenvalue weighted by molar-refractivity contribution is -0.123. The van der Waals surface area contributed by atoms with Crippen molar-refractivity contribution < 1.29 is 14.1 Å². The number of aromatic nitrogens is 2. The summed E-state index contributed by atoms with van der Waals surface area (Å²) in [7, 11) is 1.63. The number of rotatable bonds is 6. The van der Waals surface area contributed by atoms with Crippen LogP contribution in [-0.2, 0) is 16.8 Å². The smallest absolute Gasteiger partial charge is 0.257 e. The van der Waals surface area contributed by atoms with Crippen molar-refractivity contribution in [2.75, 3.05) is 7.11 Å². The Labute approximate surface area is 157 Å². The molecule has 0 saturated heterocycles. The van der Waals surface area contributed by atoms with Crippen LogP contribution in [0.1, 0.15) is 29.8 Å². The SMILES string of the molecule is COc1ccc(C2(C(=O)NCc3noc(-c4cccc(C)c4)n3)CC2)cc1. The van der Waals surface area contributed by atoms with Crippen LogP contribution >= 0.6 is 0 Å². The molecular weight excluding hydrogens is 342 g/mol. The number of amides is 1. The third-order valence-electron chi connectivity index (χ3n) is 4.97. The quantitative estimate of drug-likeness (QED) is 0.726. The van der Waals surface area contributed by atoms with Gasteiger partial charge in [-0.15, -0.1) is 0 Å². The van der Waals surface area contributed by atoms with Crippen molar-refractivity contribution in [3.63, 3.8) is 0 Å². The first kappa shape index (κ1) is 17.3. The number of methoxy groups -OCH3 is 1. The average Bonchev–Trinajstić information content (AvgIpc) is 3.37. The lowest BCUT2D eigenvalue weighted by Gasteiger charge is -2.15. The number of aryl methyl sites for hydroxylation is 1. The largest absolute Gasteiger partial charge is 0.497 e. The van der Waals surface area contributed by atoms with Crippen molar-refractivity contribution in [3.8, 4) is 17.2 Å². The van der Waals surface area contributed by atoms with Gasteiger partial charge in [0, 0.05) is 5.56 Å². The molecule has 6 nitrogen and oxygen atoms in total. The number of nitrogens with zero attached hydrogens (tertiary/aromatic N) is 2. The Morgan fingerprint density at radius 1 is 1.22 bits per heavy atom. The zero-order chi connectivity index (χ0) is 18.9. The second-order valence-electron chi connectivity index (χ2n) is 6.88. The number of ether oxygens (including phenoxy) is 1. The van der Waals surface area contributed by atoms with Gasteiger partial charge < -0.3 is 14.6 Å². The molecule has 0 atom stereocenters. The molecule has 1 fully saturated rings. The molecule has 0 radical (unpaired) electrons. The number of hydrogen-bond donors (Lipinski definition) is 1. The molecule has 2 aromatic carbocycles. The Bertz CT molecular complexity index is 959. The van der Waals surface area contributed by atoms with E-state index in [0.717, 1.165) is 35.3 Å². The first-order valence-electron chi connectivity index (χ1n) is 8.93. The van der Waals surface area contributed by atoms with Gasteiger partial charge in [-0.25, -0.2) is 0 Å². The maximum atomic E-state index is 12.7. The maximum Gasteiger partial charge on any atom is 0.257 e. The van der Waals surface area contributed by atoms with Crippen LogP contribution in [0.25, 0.3) is 11.5 Å². The van der Waals surface area contributed by atoms with Gasteiger partial charge in [-0.2, -0.15) is 4.98 Å². The van der Waals surface area contributed by atoms with Crippen LogP contribution in [0.3, 0.4) is 0 Å². The highest BCUT2D eigenvalue weighted by molar-refractivity contribution is 5.91. The van der Waals surface area contributed by atoms with Crippen LogP contribution in [0.4, 0.5) is 0 Å². The number of benzene rings is 2. The molecule has 1 aliphatic carbocycles. The number of carbonyl (C=O) groups is 1. The highest BCUT2D eigenvalue weighted by atomic mass is 16.5. The Kier molecular flexibility index (Phi) is 4.39. The minimum Gasteiger partial charge on any atom is -0.497 e. The van der Waals surface area contributed by atoms with E-state index in [1.165, 1.54) is 0 Å². The molecule has 1 aliphatic rings. The molecule has 1 saturated carbocycles. The Morgan fingerprint density at radius 3 is 2.67 bits per heavy atom. The van der Waals surface area contributed by atoms with Crippen LogP contribution in [0, 0.1) is 6.92 Å². The standard InChI is InChI=1S/C21H21N3O3/c1-14-4-3-5-15(12-14)19-23-18(24-27-19)13-22-20(25)21(10-11-21)16-6-8-17(26-2)9-7-16/h3-9,12H,10-11,13H2,1-2H3,(H,22,25). The molecule has 1 N–H and O–H groups in total. The van der Waals surface area contributed by atoms with E-state index >= 15 is 0 Å². The van der Waals surface area contributed by atoms with E-state index < -0.39 is 5.41 Å². The number of carbonyl (C=O) groups excluding carboxylic acids is 1. The summed E-state index contributed by atoms with van der Waals surface area (Å²) < 4.78 is 10.5. The fourth-order valence-corrected chi connectivity index (χ4v) is 3.23. The van der Waals surface area contributed by atoms with Crippen LogP contribution in [0.15, 0.2) is 53.1 Å². The van der Waals surface area contributed by atoms with Crippen molar-refractivity contribution in [3.05, 3.63) is 65.5 Å². The fraction of sp³-hybridized carbons (Fsp3) is 0.286. The minimum atomic E-state index is -0.449. The summed E-state index contributed by atoms with van der Waals surface area (Å²) in [4.78, 5) is 17.1. The van der Waals surface area contributed by atoms with Gasteiger partial charge >= 0.3 is 0 Å². The predicted octanol–water partition coefficient (Wildman–Crippen LogP) is 3.40. The van der Waals surface area contributed by atoms with E-state index in [-0.39, 0.29) is 12.5 Å². The minimum absolute atomic E-state index is 0.00503. The van der Waals surface area contributed by atoms with Gasteiger partial charge in [-0.1, -0.05) is 35.0 Å². The van der Waals surface area contributed by atoms with Crippen LogP contribution < -0.4 is 10.1 Å². The third-order valence-corrected chi connectivity index (χ3v) is 4.97. The summed E-state index contributed by atoms with van der Waals surface area (Å²) in [6, 6.07) is 15.5. The monoisotopic (exact) mass is 363 g/mol. The van der Waals surface area contributed by atoms with Gasteiger partial charge in [-0.05, 0) is 49.6 Å². The van der Waals surface area contributed by atoms with E-state index in [9.17, 15) is 4.79 Å². The third kappa shape index (κ3) is 3.43. The Hall–Kier alpha value is -3.15. The van der Waals surface area contributed by atoms with Crippen molar-refractivity contribution in [2.24, 2.45) is 0 Å². The normalized spacial score (nSPS) is 14.6. The first-order valence-corrected chi connectivity index (χ1v) is 8.93. The molecular formula is C21H21N3O3. The summed E-state index contributed by atoms with van der Waals surface area (Å²) in [5, 5.41) is 6.92. The van der Waals surface area contributed by atoms with Gasteiger partial charge in [0.2, 0.25) is 5.91 Å². The average molecular weight is 363 g/mol. The Balaban J connectivity index is 1.42. The van der Waals surface area contributed by atoms with Crippen LogP contribution in [-0.4, -0.2) is 23.2 Å².